The molecule has 1 aromatic heterocycles. The third-order valence-electron chi connectivity index (χ3n) is 2.88. The van der Waals surface area contributed by atoms with Gasteiger partial charge in [-0.15, -0.1) is 0 Å². The molecule has 0 spiro atoms. The van der Waals surface area contributed by atoms with E-state index in [0.29, 0.717) is 6.54 Å². The van der Waals surface area contributed by atoms with Gasteiger partial charge >= 0.3 is 0 Å². The summed E-state index contributed by atoms with van der Waals surface area (Å²) in [4.78, 5) is 15.4. The molecule has 1 aromatic carbocycles. The maximum Gasteiger partial charge on any atom is 0.219 e. The Labute approximate surface area is 112 Å². The Morgan fingerprint density at radius 1 is 1.42 bits per heavy atom. The Kier molecular flexibility index (Phi) is 4.30. The molecule has 19 heavy (non-hydrogen) atoms. The van der Waals surface area contributed by atoms with Gasteiger partial charge in [0.2, 0.25) is 5.91 Å². The lowest BCUT2D eigenvalue weighted by Gasteiger charge is -2.15. The van der Waals surface area contributed by atoms with Gasteiger partial charge in [-0.25, -0.2) is 4.98 Å². The fourth-order valence-electron chi connectivity index (χ4n) is 1.93. The number of imidazole rings is 1. The number of carbonyl (C=O) groups is 1. The van der Waals surface area contributed by atoms with Crippen LogP contribution < -0.4 is 11.1 Å². The third-order valence-corrected chi connectivity index (χ3v) is 2.88. The highest BCUT2D eigenvalue weighted by Crippen LogP contribution is 2.15. The minimum atomic E-state index is -0.337. The van der Waals surface area contributed by atoms with Crippen LogP contribution in [0.2, 0.25) is 0 Å². The molecule has 1 atom stereocenters. The Morgan fingerprint density at radius 2 is 2.16 bits per heavy atom. The SMILES string of the molecule is Cn1cnc(C(CC(N)=O)NCc2ccccc2)c1. The maximum atomic E-state index is 11.1. The lowest BCUT2D eigenvalue weighted by Crippen LogP contribution is -2.26. The second kappa shape index (κ2) is 6.15. The van der Waals surface area contributed by atoms with E-state index < -0.39 is 0 Å². The van der Waals surface area contributed by atoms with Crippen molar-refractivity contribution in [3.8, 4) is 0 Å². The zero-order valence-electron chi connectivity index (χ0n) is 10.9. The molecule has 0 radical (unpaired) electrons. The topological polar surface area (TPSA) is 72.9 Å². The molecule has 100 valence electrons. The standard InChI is InChI=1S/C14H18N4O/c1-18-9-13(17-10-18)12(7-14(15)19)16-8-11-5-3-2-4-6-11/h2-6,9-10,12,16H,7-8H2,1H3,(H2,15,19). The maximum absolute atomic E-state index is 11.1. The third kappa shape index (κ3) is 3.93. The summed E-state index contributed by atoms with van der Waals surface area (Å²) in [5.74, 6) is -0.337. The van der Waals surface area contributed by atoms with E-state index in [2.05, 4.69) is 10.3 Å². The minimum Gasteiger partial charge on any atom is -0.370 e. The molecule has 0 saturated carbocycles. The molecule has 0 bridgehead atoms. The first-order valence-corrected chi connectivity index (χ1v) is 6.18. The monoisotopic (exact) mass is 258 g/mol. The smallest absolute Gasteiger partial charge is 0.219 e. The normalized spacial score (nSPS) is 12.3. The fraction of sp³-hybridized carbons (Fsp3) is 0.286. The molecular formula is C14H18N4O. The second-order valence-corrected chi connectivity index (χ2v) is 4.55. The molecule has 0 aliphatic heterocycles. The molecule has 2 aromatic rings. The molecule has 1 amide bonds. The predicted octanol–water partition coefficient (Wildman–Crippen LogP) is 1.13. The molecule has 0 aliphatic carbocycles. The van der Waals surface area contributed by atoms with Crippen LogP contribution in [0.25, 0.3) is 0 Å². The Balaban J connectivity index is 2.04. The summed E-state index contributed by atoms with van der Waals surface area (Å²) in [5, 5.41) is 3.32. The Hall–Kier alpha value is -2.14. The summed E-state index contributed by atoms with van der Waals surface area (Å²) in [6, 6.07) is 9.86. The number of nitrogens with two attached hydrogens (primary N) is 1. The van der Waals surface area contributed by atoms with Crippen molar-refractivity contribution in [2.45, 2.75) is 19.0 Å². The zero-order valence-corrected chi connectivity index (χ0v) is 10.9. The lowest BCUT2D eigenvalue weighted by molar-refractivity contribution is -0.118. The lowest BCUT2D eigenvalue weighted by atomic mass is 10.1. The number of carbonyl (C=O) groups excluding carboxylic acids is 1. The number of primary amides is 1. The average molecular weight is 258 g/mol. The number of hydrogen-bond donors (Lipinski definition) is 2. The largest absolute Gasteiger partial charge is 0.370 e. The number of hydrogen-bond acceptors (Lipinski definition) is 3. The van der Waals surface area contributed by atoms with Gasteiger partial charge in [-0.2, -0.15) is 0 Å². The number of amides is 1. The molecule has 0 saturated heterocycles. The second-order valence-electron chi connectivity index (χ2n) is 4.55. The predicted molar refractivity (Wildman–Crippen MR) is 73.0 cm³/mol. The highest BCUT2D eigenvalue weighted by atomic mass is 16.1. The van der Waals surface area contributed by atoms with Crippen LogP contribution in [0, 0.1) is 0 Å². The number of aromatic nitrogens is 2. The van der Waals surface area contributed by atoms with Gasteiger partial charge in [0.25, 0.3) is 0 Å². The van der Waals surface area contributed by atoms with Crippen LogP contribution >= 0.6 is 0 Å². The van der Waals surface area contributed by atoms with Crippen molar-refractivity contribution in [2.75, 3.05) is 0 Å². The van der Waals surface area contributed by atoms with Crippen molar-refractivity contribution in [1.29, 1.82) is 0 Å². The quantitative estimate of drug-likeness (QED) is 0.815. The Bertz CT molecular complexity index is 535. The fourth-order valence-corrected chi connectivity index (χ4v) is 1.93. The van der Waals surface area contributed by atoms with E-state index in [1.165, 1.54) is 0 Å². The number of nitrogens with zero attached hydrogens (tertiary/aromatic N) is 2. The van der Waals surface area contributed by atoms with Crippen molar-refractivity contribution < 1.29 is 4.79 Å². The van der Waals surface area contributed by atoms with Gasteiger partial charge in [-0.1, -0.05) is 30.3 Å². The van der Waals surface area contributed by atoms with Crippen LogP contribution in [0.4, 0.5) is 0 Å². The van der Waals surface area contributed by atoms with Gasteiger partial charge in [-0.05, 0) is 5.56 Å². The van der Waals surface area contributed by atoms with Crippen molar-refractivity contribution in [3.63, 3.8) is 0 Å². The van der Waals surface area contributed by atoms with Gasteiger partial charge < -0.3 is 15.6 Å². The van der Waals surface area contributed by atoms with E-state index in [-0.39, 0.29) is 18.4 Å². The highest BCUT2D eigenvalue weighted by Gasteiger charge is 2.16. The van der Waals surface area contributed by atoms with Gasteiger partial charge in [0.15, 0.2) is 0 Å². The van der Waals surface area contributed by atoms with E-state index in [0.717, 1.165) is 11.3 Å². The minimum absolute atomic E-state index is 0.154. The molecule has 5 heteroatoms. The van der Waals surface area contributed by atoms with Gasteiger partial charge in [0, 0.05) is 26.2 Å². The van der Waals surface area contributed by atoms with E-state index >= 15 is 0 Å². The highest BCUT2D eigenvalue weighted by molar-refractivity contribution is 5.74. The van der Waals surface area contributed by atoms with E-state index in [1.54, 1.807) is 6.33 Å². The van der Waals surface area contributed by atoms with Crippen LogP contribution in [0.1, 0.15) is 23.7 Å². The summed E-state index contributed by atoms with van der Waals surface area (Å²) in [5.41, 5.74) is 7.28. The number of nitrogens with one attached hydrogen (secondary N) is 1. The van der Waals surface area contributed by atoms with Gasteiger partial charge in [-0.3, -0.25) is 4.79 Å². The van der Waals surface area contributed by atoms with Crippen molar-refractivity contribution >= 4 is 5.91 Å². The van der Waals surface area contributed by atoms with Crippen molar-refractivity contribution in [1.82, 2.24) is 14.9 Å². The summed E-state index contributed by atoms with van der Waals surface area (Å²) >= 11 is 0. The first-order chi connectivity index (χ1) is 9.15. The van der Waals surface area contributed by atoms with E-state index in [9.17, 15) is 4.79 Å². The van der Waals surface area contributed by atoms with Crippen molar-refractivity contribution in [2.24, 2.45) is 12.8 Å². The molecule has 1 heterocycles. The summed E-state index contributed by atoms with van der Waals surface area (Å²) < 4.78 is 1.85. The average Bonchev–Trinajstić information content (AvgIpc) is 2.82. The number of rotatable bonds is 6. The molecule has 0 fully saturated rings. The van der Waals surface area contributed by atoms with E-state index in [1.807, 2.05) is 48.1 Å². The van der Waals surface area contributed by atoms with Gasteiger partial charge in [0.05, 0.1) is 18.1 Å². The molecule has 2 rings (SSSR count). The van der Waals surface area contributed by atoms with Crippen LogP contribution in [0.5, 0.6) is 0 Å². The molecule has 1 unspecified atom stereocenters. The first kappa shape index (κ1) is 13.3. The molecule has 5 nitrogen and oxygen atoms in total. The Morgan fingerprint density at radius 3 is 2.74 bits per heavy atom. The van der Waals surface area contributed by atoms with Gasteiger partial charge in [0.1, 0.15) is 0 Å². The molecule has 0 aliphatic rings. The van der Waals surface area contributed by atoms with Crippen LogP contribution in [0.15, 0.2) is 42.9 Å². The van der Waals surface area contributed by atoms with Crippen LogP contribution in [-0.4, -0.2) is 15.5 Å². The van der Waals surface area contributed by atoms with E-state index in [4.69, 9.17) is 5.73 Å². The first-order valence-electron chi connectivity index (χ1n) is 6.18. The summed E-state index contributed by atoms with van der Waals surface area (Å²) in [6.45, 7) is 0.676. The summed E-state index contributed by atoms with van der Waals surface area (Å²) in [7, 11) is 1.90. The van der Waals surface area contributed by atoms with Crippen LogP contribution in [0.3, 0.4) is 0 Å². The molecular weight excluding hydrogens is 240 g/mol. The molecule has 3 N–H and O–H groups in total. The van der Waals surface area contributed by atoms with Crippen LogP contribution in [-0.2, 0) is 18.4 Å². The van der Waals surface area contributed by atoms with Crippen molar-refractivity contribution in [3.05, 3.63) is 54.1 Å². The number of benzene rings is 1. The number of aryl methyl sites for hydroxylation is 1. The zero-order chi connectivity index (χ0) is 13.7. The summed E-state index contributed by atoms with van der Waals surface area (Å²) in [6.07, 6.45) is 3.85.